The van der Waals surface area contributed by atoms with E-state index in [0.29, 0.717) is 6.61 Å². The Morgan fingerprint density at radius 1 is 1.69 bits per heavy atom. The highest BCUT2D eigenvalue weighted by Crippen LogP contribution is 2.29. The number of carbonyl (C=O) groups excluding carboxylic acids is 1. The maximum Gasteiger partial charge on any atom is 0.262 e. The van der Waals surface area contributed by atoms with Crippen molar-refractivity contribution in [2.24, 2.45) is 11.8 Å². The van der Waals surface area contributed by atoms with Crippen LogP contribution in [0.5, 0.6) is 0 Å². The van der Waals surface area contributed by atoms with Gasteiger partial charge in [-0.15, -0.1) is 0 Å². The molecule has 1 aliphatic carbocycles. The Labute approximate surface area is 78.8 Å². The second-order valence-corrected chi connectivity index (χ2v) is 3.61. The van der Waals surface area contributed by atoms with Gasteiger partial charge in [0.15, 0.2) is 0 Å². The van der Waals surface area contributed by atoms with Gasteiger partial charge in [0, 0.05) is 6.61 Å². The van der Waals surface area contributed by atoms with Crippen molar-refractivity contribution in [3.8, 4) is 0 Å². The molecule has 0 aromatic rings. The monoisotopic (exact) mass is 186 g/mol. The first-order valence-corrected chi connectivity index (χ1v) is 4.86. The average Bonchev–Trinajstić information content (AvgIpc) is 2.07. The summed E-state index contributed by atoms with van der Waals surface area (Å²) in [6, 6.07) is 0. The molecular formula is C9H18N2O2. The van der Waals surface area contributed by atoms with E-state index in [1.807, 2.05) is 0 Å². The van der Waals surface area contributed by atoms with E-state index in [-0.39, 0.29) is 5.91 Å². The van der Waals surface area contributed by atoms with Gasteiger partial charge in [-0.1, -0.05) is 19.3 Å². The molecule has 0 aromatic heterocycles. The van der Waals surface area contributed by atoms with Crippen LogP contribution in [0.2, 0.25) is 0 Å². The first-order valence-electron chi connectivity index (χ1n) is 4.86. The predicted molar refractivity (Wildman–Crippen MR) is 49.7 cm³/mol. The smallest absolute Gasteiger partial charge is 0.262 e. The molecule has 0 spiro atoms. The summed E-state index contributed by atoms with van der Waals surface area (Å²) >= 11 is 0. The van der Waals surface area contributed by atoms with E-state index in [1.54, 1.807) is 6.92 Å². The number of carbonyl (C=O) groups is 1. The molecule has 4 nitrogen and oxygen atoms in total. The van der Waals surface area contributed by atoms with Crippen LogP contribution in [0.25, 0.3) is 0 Å². The van der Waals surface area contributed by atoms with Crippen molar-refractivity contribution in [1.82, 2.24) is 5.43 Å². The Morgan fingerprint density at radius 2 is 2.38 bits per heavy atom. The minimum Gasteiger partial charge on any atom is -0.369 e. The lowest BCUT2D eigenvalue weighted by atomic mass is 9.83. The summed E-state index contributed by atoms with van der Waals surface area (Å²) in [7, 11) is 0. The van der Waals surface area contributed by atoms with Crippen LogP contribution < -0.4 is 11.3 Å². The summed E-state index contributed by atoms with van der Waals surface area (Å²) in [5.41, 5.74) is 2.07. The number of nitrogens with one attached hydrogen (secondary N) is 1. The van der Waals surface area contributed by atoms with Gasteiger partial charge in [0.1, 0.15) is 6.10 Å². The second kappa shape index (κ2) is 5.19. The molecule has 13 heavy (non-hydrogen) atoms. The number of ether oxygens (including phenoxy) is 1. The topological polar surface area (TPSA) is 64.3 Å². The summed E-state index contributed by atoms with van der Waals surface area (Å²) in [5.74, 6) is 5.53. The van der Waals surface area contributed by atoms with E-state index in [2.05, 4.69) is 5.43 Å². The predicted octanol–water partition coefficient (Wildman–Crippen LogP) is 0.572. The third-order valence-electron chi connectivity index (χ3n) is 2.63. The molecule has 3 N–H and O–H groups in total. The fraction of sp³-hybridized carbons (Fsp3) is 0.889. The van der Waals surface area contributed by atoms with Gasteiger partial charge < -0.3 is 4.74 Å². The number of hydrogen-bond acceptors (Lipinski definition) is 3. The molecule has 4 heteroatoms. The van der Waals surface area contributed by atoms with Crippen molar-refractivity contribution in [2.45, 2.75) is 38.7 Å². The van der Waals surface area contributed by atoms with E-state index < -0.39 is 6.10 Å². The van der Waals surface area contributed by atoms with Crippen molar-refractivity contribution in [1.29, 1.82) is 0 Å². The molecule has 0 radical (unpaired) electrons. The summed E-state index contributed by atoms with van der Waals surface area (Å²) in [4.78, 5) is 10.9. The summed E-state index contributed by atoms with van der Waals surface area (Å²) in [6.45, 7) is 2.38. The summed E-state index contributed by atoms with van der Waals surface area (Å²) in [6.07, 6.45) is 4.64. The van der Waals surface area contributed by atoms with Crippen molar-refractivity contribution in [3.63, 3.8) is 0 Å². The molecule has 0 heterocycles. The standard InChI is InChI=1S/C9H18N2O2/c1-7(9(12)11-10)13-6-5-8-3-2-4-8/h7-8H,2-6,10H2,1H3,(H,11,12). The van der Waals surface area contributed by atoms with Gasteiger partial charge in [-0.25, -0.2) is 5.84 Å². The van der Waals surface area contributed by atoms with E-state index in [0.717, 1.165) is 12.3 Å². The first kappa shape index (κ1) is 10.5. The Bertz CT molecular complexity index is 169. The first-order chi connectivity index (χ1) is 6.24. The molecule has 1 saturated carbocycles. The van der Waals surface area contributed by atoms with Crippen LogP contribution in [-0.4, -0.2) is 18.6 Å². The highest BCUT2D eigenvalue weighted by atomic mass is 16.5. The molecule has 76 valence electrons. The van der Waals surface area contributed by atoms with Crippen LogP contribution >= 0.6 is 0 Å². The molecule has 1 amide bonds. The maximum atomic E-state index is 10.9. The SMILES string of the molecule is CC(OCCC1CCC1)C(=O)NN. The third kappa shape index (κ3) is 3.32. The zero-order chi connectivity index (χ0) is 9.68. The Kier molecular flexibility index (Phi) is 4.18. The highest BCUT2D eigenvalue weighted by Gasteiger charge is 2.18. The van der Waals surface area contributed by atoms with E-state index in [1.165, 1.54) is 19.3 Å². The van der Waals surface area contributed by atoms with Gasteiger partial charge in [-0.3, -0.25) is 10.2 Å². The molecule has 1 atom stereocenters. The molecule has 1 aliphatic rings. The molecular weight excluding hydrogens is 168 g/mol. The Morgan fingerprint density at radius 3 is 2.85 bits per heavy atom. The lowest BCUT2D eigenvalue weighted by molar-refractivity contribution is -0.132. The molecule has 1 unspecified atom stereocenters. The molecule has 1 rings (SSSR count). The molecule has 1 fully saturated rings. The summed E-state index contributed by atoms with van der Waals surface area (Å²) in [5, 5.41) is 0. The van der Waals surface area contributed by atoms with Crippen LogP contribution in [0.4, 0.5) is 0 Å². The quantitative estimate of drug-likeness (QED) is 0.375. The minimum absolute atomic E-state index is 0.256. The maximum absolute atomic E-state index is 10.9. The van der Waals surface area contributed by atoms with Crippen molar-refractivity contribution >= 4 is 5.91 Å². The fourth-order valence-corrected chi connectivity index (χ4v) is 1.39. The largest absolute Gasteiger partial charge is 0.369 e. The van der Waals surface area contributed by atoms with Gasteiger partial charge in [-0.2, -0.15) is 0 Å². The molecule has 0 saturated heterocycles. The molecule has 0 aromatic carbocycles. The van der Waals surface area contributed by atoms with Crippen molar-refractivity contribution in [3.05, 3.63) is 0 Å². The van der Waals surface area contributed by atoms with Crippen LogP contribution in [0.3, 0.4) is 0 Å². The number of amides is 1. The van der Waals surface area contributed by atoms with Gasteiger partial charge in [0.2, 0.25) is 0 Å². The zero-order valence-electron chi connectivity index (χ0n) is 8.08. The zero-order valence-corrected chi connectivity index (χ0v) is 8.08. The Hall–Kier alpha value is -0.610. The Balaban J connectivity index is 2.00. The molecule has 0 bridgehead atoms. The highest BCUT2D eigenvalue weighted by molar-refractivity contribution is 5.79. The minimum atomic E-state index is -0.426. The van der Waals surface area contributed by atoms with Gasteiger partial charge in [0.25, 0.3) is 5.91 Å². The van der Waals surface area contributed by atoms with Crippen LogP contribution in [-0.2, 0) is 9.53 Å². The van der Waals surface area contributed by atoms with Gasteiger partial charge in [-0.05, 0) is 19.3 Å². The lowest BCUT2D eigenvalue weighted by Crippen LogP contribution is -2.39. The van der Waals surface area contributed by atoms with Crippen molar-refractivity contribution < 1.29 is 9.53 Å². The number of nitrogens with two attached hydrogens (primary N) is 1. The normalized spacial score (nSPS) is 19.2. The second-order valence-electron chi connectivity index (χ2n) is 3.61. The van der Waals surface area contributed by atoms with E-state index in [4.69, 9.17) is 10.6 Å². The summed E-state index contributed by atoms with van der Waals surface area (Å²) < 4.78 is 5.31. The number of rotatable bonds is 5. The lowest BCUT2D eigenvalue weighted by Gasteiger charge is -2.25. The van der Waals surface area contributed by atoms with E-state index in [9.17, 15) is 4.79 Å². The number of hydrogen-bond donors (Lipinski definition) is 2. The van der Waals surface area contributed by atoms with Gasteiger partial charge >= 0.3 is 0 Å². The third-order valence-corrected chi connectivity index (χ3v) is 2.63. The average molecular weight is 186 g/mol. The van der Waals surface area contributed by atoms with Gasteiger partial charge in [0.05, 0.1) is 0 Å². The molecule has 0 aliphatic heterocycles. The van der Waals surface area contributed by atoms with Crippen LogP contribution in [0.15, 0.2) is 0 Å². The van der Waals surface area contributed by atoms with Crippen molar-refractivity contribution in [2.75, 3.05) is 6.61 Å². The van der Waals surface area contributed by atoms with Crippen LogP contribution in [0, 0.1) is 5.92 Å². The fourth-order valence-electron chi connectivity index (χ4n) is 1.39. The number of hydrazine groups is 1. The van der Waals surface area contributed by atoms with Crippen LogP contribution in [0.1, 0.15) is 32.6 Å². The van der Waals surface area contributed by atoms with E-state index >= 15 is 0 Å².